The van der Waals surface area contributed by atoms with Gasteiger partial charge in [-0.15, -0.1) is 0 Å². The van der Waals surface area contributed by atoms with Crippen LogP contribution in [0, 0.1) is 6.92 Å². The molecule has 0 aliphatic carbocycles. The van der Waals surface area contributed by atoms with Crippen LogP contribution in [-0.4, -0.2) is 26.8 Å². The number of hydrogen-bond donors (Lipinski definition) is 2. The fraction of sp³-hybridized carbons (Fsp3) is 0.375. The Morgan fingerprint density at radius 3 is 2.79 bits per heavy atom. The number of carboxylic acids is 1. The Bertz CT molecular complexity index is 370. The number of aliphatic carboxylic acids is 1. The number of anilines is 1. The van der Waals surface area contributed by atoms with Gasteiger partial charge in [-0.05, 0) is 6.92 Å². The summed E-state index contributed by atoms with van der Waals surface area (Å²) in [5.74, 6) is -0.827. The first-order valence-corrected chi connectivity index (χ1v) is 4.03. The molecule has 1 aromatic rings. The molecule has 0 saturated heterocycles. The third-order valence-corrected chi connectivity index (χ3v) is 1.57. The van der Waals surface area contributed by atoms with Crippen molar-refractivity contribution >= 4 is 17.7 Å². The maximum atomic E-state index is 10.7. The van der Waals surface area contributed by atoms with Gasteiger partial charge in [-0.2, -0.15) is 5.10 Å². The molecule has 0 spiro atoms. The predicted molar refractivity (Wildman–Crippen MR) is 48.9 cm³/mol. The third-order valence-electron chi connectivity index (χ3n) is 1.57. The van der Waals surface area contributed by atoms with E-state index in [2.05, 4.69) is 10.4 Å². The van der Waals surface area contributed by atoms with Gasteiger partial charge in [0.25, 0.3) is 0 Å². The fourth-order valence-corrected chi connectivity index (χ4v) is 1.04. The molecule has 1 rings (SSSR count). The quantitative estimate of drug-likeness (QED) is 0.726. The van der Waals surface area contributed by atoms with Gasteiger partial charge in [-0.3, -0.25) is 14.3 Å². The van der Waals surface area contributed by atoms with Crippen LogP contribution in [-0.2, 0) is 16.1 Å². The average molecular weight is 197 g/mol. The SMILES string of the molecule is CC(=O)Nc1cc(C)n(CC(=O)O)n1. The molecule has 0 saturated carbocycles. The van der Waals surface area contributed by atoms with E-state index in [0.717, 1.165) is 0 Å². The summed E-state index contributed by atoms with van der Waals surface area (Å²) in [5.41, 5.74) is 0.691. The lowest BCUT2D eigenvalue weighted by Gasteiger charge is -1.98. The normalized spacial score (nSPS) is 9.86. The molecule has 14 heavy (non-hydrogen) atoms. The van der Waals surface area contributed by atoms with Crippen LogP contribution in [0.1, 0.15) is 12.6 Å². The fourth-order valence-electron chi connectivity index (χ4n) is 1.04. The van der Waals surface area contributed by atoms with Crippen LogP contribution < -0.4 is 5.32 Å². The second-order valence-electron chi connectivity index (χ2n) is 2.90. The summed E-state index contributed by atoms with van der Waals surface area (Å²) in [6.45, 7) is 2.89. The molecule has 0 aromatic carbocycles. The highest BCUT2D eigenvalue weighted by Gasteiger charge is 2.07. The summed E-state index contributed by atoms with van der Waals surface area (Å²) in [6, 6.07) is 1.62. The Labute approximate surface area is 80.5 Å². The van der Waals surface area contributed by atoms with Crippen molar-refractivity contribution < 1.29 is 14.7 Å². The van der Waals surface area contributed by atoms with Crippen molar-refractivity contribution in [1.82, 2.24) is 9.78 Å². The topological polar surface area (TPSA) is 84.2 Å². The molecule has 6 heteroatoms. The molecule has 0 fully saturated rings. The number of carbonyl (C=O) groups excluding carboxylic acids is 1. The van der Waals surface area contributed by atoms with Crippen LogP contribution in [0.25, 0.3) is 0 Å². The van der Waals surface area contributed by atoms with Gasteiger partial charge >= 0.3 is 5.97 Å². The Morgan fingerprint density at radius 1 is 1.64 bits per heavy atom. The van der Waals surface area contributed by atoms with Crippen LogP contribution >= 0.6 is 0 Å². The molecule has 1 aromatic heterocycles. The summed E-state index contributed by atoms with van der Waals surface area (Å²) in [5, 5.41) is 14.9. The molecule has 6 nitrogen and oxygen atoms in total. The number of aryl methyl sites for hydroxylation is 1. The lowest BCUT2D eigenvalue weighted by molar-refractivity contribution is -0.137. The lowest BCUT2D eigenvalue weighted by atomic mass is 10.4. The molecule has 2 N–H and O–H groups in total. The number of nitrogens with one attached hydrogen (secondary N) is 1. The molecule has 0 unspecified atom stereocenters. The van der Waals surface area contributed by atoms with Gasteiger partial charge < -0.3 is 10.4 Å². The highest BCUT2D eigenvalue weighted by molar-refractivity contribution is 5.87. The molecule has 0 bridgehead atoms. The van der Waals surface area contributed by atoms with Gasteiger partial charge in [-0.25, -0.2) is 0 Å². The number of aromatic nitrogens is 2. The summed E-state index contributed by atoms with van der Waals surface area (Å²) in [7, 11) is 0. The number of amides is 1. The Balaban J connectivity index is 2.81. The van der Waals surface area contributed by atoms with Crippen LogP contribution in [0.4, 0.5) is 5.82 Å². The zero-order valence-electron chi connectivity index (χ0n) is 7.94. The van der Waals surface area contributed by atoms with E-state index in [1.54, 1.807) is 13.0 Å². The molecule has 0 aliphatic heterocycles. The van der Waals surface area contributed by atoms with Crippen LogP contribution in [0.3, 0.4) is 0 Å². The van der Waals surface area contributed by atoms with Crippen molar-refractivity contribution in [2.75, 3.05) is 5.32 Å². The number of carbonyl (C=O) groups is 2. The smallest absolute Gasteiger partial charge is 0.325 e. The van der Waals surface area contributed by atoms with E-state index in [9.17, 15) is 9.59 Å². The molecule has 0 aliphatic rings. The average Bonchev–Trinajstić information content (AvgIpc) is 2.28. The van der Waals surface area contributed by atoms with Crippen molar-refractivity contribution in [2.24, 2.45) is 0 Å². The van der Waals surface area contributed by atoms with Gasteiger partial charge in [0.2, 0.25) is 5.91 Å². The lowest BCUT2D eigenvalue weighted by Crippen LogP contribution is -2.12. The van der Waals surface area contributed by atoms with E-state index >= 15 is 0 Å². The molecule has 0 radical (unpaired) electrons. The second-order valence-corrected chi connectivity index (χ2v) is 2.90. The van der Waals surface area contributed by atoms with Gasteiger partial charge in [0.1, 0.15) is 6.54 Å². The maximum absolute atomic E-state index is 10.7. The first-order chi connectivity index (χ1) is 6.49. The molecular formula is C8H11N3O3. The van der Waals surface area contributed by atoms with Crippen LogP contribution in [0.5, 0.6) is 0 Å². The highest BCUT2D eigenvalue weighted by Crippen LogP contribution is 2.07. The Morgan fingerprint density at radius 2 is 2.29 bits per heavy atom. The molecule has 1 amide bonds. The first-order valence-electron chi connectivity index (χ1n) is 4.03. The molecular weight excluding hydrogens is 186 g/mol. The van der Waals surface area contributed by atoms with Crippen molar-refractivity contribution in [3.63, 3.8) is 0 Å². The Hall–Kier alpha value is -1.85. The largest absolute Gasteiger partial charge is 0.480 e. The summed E-state index contributed by atoms with van der Waals surface area (Å²) >= 11 is 0. The van der Waals surface area contributed by atoms with Crippen molar-refractivity contribution in [2.45, 2.75) is 20.4 Å². The van der Waals surface area contributed by atoms with E-state index in [1.807, 2.05) is 0 Å². The van der Waals surface area contributed by atoms with Crippen LogP contribution in [0.2, 0.25) is 0 Å². The van der Waals surface area contributed by atoms with Gasteiger partial charge in [-0.1, -0.05) is 0 Å². The highest BCUT2D eigenvalue weighted by atomic mass is 16.4. The number of nitrogens with zero attached hydrogens (tertiary/aromatic N) is 2. The van der Waals surface area contributed by atoms with Crippen molar-refractivity contribution in [1.29, 1.82) is 0 Å². The van der Waals surface area contributed by atoms with E-state index in [1.165, 1.54) is 11.6 Å². The van der Waals surface area contributed by atoms with Crippen molar-refractivity contribution in [3.8, 4) is 0 Å². The first kappa shape index (κ1) is 10.2. The van der Waals surface area contributed by atoms with E-state index in [4.69, 9.17) is 5.11 Å². The minimum Gasteiger partial charge on any atom is -0.480 e. The zero-order valence-corrected chi connectivity index (χ0v) is 7.94. The Kier molecular flexibility index (Phi) is 2.85. The number of rotatable bonds is 3. The van der Waals surface area contributed by atoms with Crippen LogP contribution in [0.15, 0.2) is 6.07 Å². The minimum atomic E-state index is -0.967. The third kappa shape index (κ3) is 2.58. The molecule has 1 heterocycles. The van der Waals surface area contributed by atoms with Gasteiger partial charge in [0.05, 0.1) is 0 Å². The summed E-state index contributed by atoms with van der Waals surface area (Å²) < 4.78 is 1.31. The maximum Gasteiger partial charge on any atom is 0.325 e. The molecule has 76 valence electrons. The van der Waals surface area contributed by atoms with E-state index in [0.29, 0.717) is 11.5 Å². The van der Waals surface area contributed by atoms with E-state index in [-0.39, 0.29) is 12.5 Å². The zero-order chi connectivity index (χ0) is 10.7. The summed E-state index contributed by atoms with van der Waals surface area (Å²) in [6.07, 6.45) is 0. The minimum absolute atomic E-state index is 0.203. The van der Waals surface area contributed by atoms with Gasteiger partial charge in [0, 0.05) is 18.7 Å². The standard InChI is InChI=1S/C8H11N3O3/c1-5-3-7(9-6(2)12)10-11(5)4-8(13)14/h3H,4H2,1-2H3,(H,13,14)(H,9,10,12). The summed E-state index contributed by atoms with van der Waals surface area (Å²) in [4.78, 5) is 21.1. The van der Waals surface area contributed by atoms with Gasteiger partial charge in [0.15, 0.2) is 5.82 Å². The second kappa shape index (κ2) is 3.91. The van der Waals surface area contributed by atoms with E-state index < -0.39 is 5.97 Å². The monoisotopic (exact) mass is 197 g/mol. The molecule has 0 atom stereocenters. The number of carboxylic acid groups (broad SMARTS) is 1. The predicted octanol–water partition coefficient (Wildman–Crippen LogP) is 0.235. The number of hydrogen-bond acceptors (Lipinski definition) is 3. The van der Waals surface area contributed by atoms with Crippen molar-refractivity contribution in [3.05, 3.63) is 11.8 Å².